The molecule has 6 nitrogen and oxygen atoms in total. The van der Waals surface area contributed by atoms with Crippen LogP contribution in [0.15, 0.2) is 47.1 Å². The van der Waals surface area contributed by atoms with Crippen molar-refractivity contribution in [1.82, 2.24) is 4.72 Å². The number of anilines is 1. The second-order valence-corrected chi connectivity index (χ2v) is 6.36. The SMILES string of the molecule is Nc1ccccc1OCCS(=O)(=O)NCCc1ccco1. The highest BCUT2D eigenvalue weighted by Gasteiger charge is 2.11. The third-order valence-electron chi connectivity index (χ3n) is 2.80. The quantitative estimate of drug-likeness (QED) is 0.719. The lowest BCUT2D eigenvalue weighted by Crippen LogP contribution is -2.30. The Morgan fingerprint density at radius 2 is 2.00 bits per heavy atom. The van der Waals surface area contributed by atoms with Gasteiger partial charge in [0.15, 0.2) is 0 Å². The Balaban J connectivity index is 1.72. The molecule has 2 rings (SSSR count). The van der Waals surface area contributed by atoms with Crippen LogP contribution in [-0.4, -0.2) is 27.3 Å². The van der Waals surface area contributed by atoms with Gasteiger partial charge in [0.05, 0.1) is 17.7 Å². The number of nitrogen functional groups attached to an aromatic ring is 1. The van der Waals surface area contributed by atoms with Gasteiger partial charge >= 0.3 is 0 Å². The molecule has 2 aromatic rings. The van der Waals surface area contributed by atoms with Gasteiger partial charge in [-0.15, -0.1) is 0 Å². The van der Waals surface area contributed by atoms with Crippen molar-refractivity contribution < 1.29 is 17.6 Å². The molecule has 1 aromatic carbocycles. The van der Waals surface area contributed by atoms with Crippen molar-refractivity contribution in [3.05, 3.63) is 48.4 Å². The topological polar surface area (TPSA) is 94.6 Å². The first kappa shape index (κ1) is 15.4. The molecule has 0 aliphatic rings. The minimum Gasteiger partial charge on any atom is -0.490 e. The van der Waals surface area contributed by atoms with Gasteiger partial charge in [-0.3, -0.25) is 0 Å². The van der Waals surface area contributed by atoms with E-state index in [2.05, 4.69) is 4.72 Å². The fourth-order valence-electron chi connectivity index (χ4n) is 1.73. The van der Waals surface area contributed by atoms with E-state index in [1.807, 2.05) is 0 Å². The van der Waals surface area contributed by atoms with Gasteiger partial charge in [0.25, 0.3) is 0 Å². The molecule has 0 aliphatic carbocycles. The molecule has 0 amide bonds. The minimum atomic E-state index is -3.38. The number of rotatable bonds is 8. The predicted molar refractivity (Wildman–Crippen MR) is 80.6 cm³/mol. The molecule has 0 unspecified atom stereocenters. The van der Waals surface area contributed by atoms with Crippen molar-refractivity contribution in [1.29, 1.82) is 0 Å². The molecule has 0 atom stereocenters. The van der Waals surface area contributed by atoms with Gasteiger partial charge in [0.1, 0.15) is 18.1 Å². The molecule has 3 N–H and O–H groups in total. The molecule has 1 aromatic heterocycles. The summed E-state index contributed by atoms with van der Waals surface area (Å²) in [4.78, 5) is 0. The highest BCUT2D eigenvalue weighted by Crippen LogP contribution is 2.19. The first-order valence-corrected chi connectivity index (χ1v) is 8.19. The molecule has 7 heteroatoms. The van der Waals surface area contributed by atoms with Gasteiger partial charge in [0, 0.05) is 13.0 Å². The number of sulfonamides is 1. The fraction of sp³-hybridized carbons (Fsp3) is 0.286. The van der Waals surface area contributed by atoms with Gasteiger partial charge in [-0.05, 0) is 24.3 Å². The van der Waals surface area contributed by atoms with Crippen LogP contribution in [0.4, 0.5) is 5.69 Å². The van der Waals surface area contributed by atoms with Crippen LogP contribution in [0.5, 0.6) is 5.75 Å². The highest BCUT2D eigenvalue weighted by molar-refractivity contribution is 7.89. The number of benzene rings is 1. The van der Waals surface area contributed by atoms with Crippen molar-refractivity contribution in [3.8, 4) is 5.75 Å². The lowest BCUT2D eigenvalue weighted by Gasteiger charge is -2.09. The van der Waals surface area contributed by atoms with Crippen molar-refractivity contribution in [2.75, 3.05) is 24.6 Å². The predicted octanol–water partition coefficient (Wildman–Crippen LogP) is 1.40. The van der Waals surface area contributed by atoms with Gasteiger partial charge in [-0.2, -0.15) is 0 Å². The molecular weight excluding hydrogens is 292 g/mol. The zero-order valence-electron chi connectivity index (χ0n) is 11.5. The van der Waals surface area contributed by atoms with E-state index >= 15 is 0 Å². The van der Waals surface area contributed by atoms with Crippen LogP contribution < -0.4 is 15.2 Å². The Morgan fingerprint density at radius 3 is 2.71 bits per heavy atom. The summed E-state index contributed by atoms with van der Waals surface area (Å²) in [5.74, 6) is 1.11. The summed E-state index contributed by atoms with van der Waals surface area (Å²) in [6, 6.07) is 10.5. The Morgan fingerprint density at radius 1 is 1.19 bits per heavy atom. The summed E-state index contributed by atoms with van der Waals surface area (Å²) < 4.78 is 36.6. The lowest BCUT2D eigenvalue weighted by atomic mass is 10.3. The lowest BCUT2D eigenvalue weighted by molar-refractivity contribution is 0.342. The number of hydrogen-bond donors (Lipinski definition) is 2. The van der Waals surface area contributed by atoms with E-state index in [1.165, 1.54) is 0 Å². The van der Waals surface area contributed by atoms with Crippen LogP contribution in [0.2, 0.25) is 0 Å². The zero-order valence-corrected chi connectivity index (χ0v) is 12.3. The number of furan rings is 1. The molecule has 21 heavy (non-hydrogen) atoms. The van der Waals surface area contributed by atoms with E-state index in [9.17, 15) is 8.42 Å². The van der Waals surface area contributed by atoms with Crippen LogP contribution in [0.1, 0.15) is 5.76 Å². The molecule has 0 saturated carbocycles. The maximum atomic E-state index is 11.8. The zero-order chi connectivity index (χ0) is 15.1. The van der Waals surface area contributed by atoms with Gasteiger partial charge in [-0.1, -0.05) is 12.1 Å². The van der Waals surface area contributed by atoms with E-state index in [4.69, 9.17) is 14.9 Å². The van der Waals surface area contributed by atoms with Crippen LogP contribution in [-0.2, 0) is 16.4 Å². The van der Waals surface area contributed by atoms with Crippen molar-refractivity contribution >= 4 is 15.7 Å². The molecule has 0 radical (unpaired) electrons. The first-order chi connectivity index (χ1) is 10.1. The standard InChI is InChI=1S/C14H18N2O4S/c15-13-5-1-2-6-14(13)20-10-11-21(17,18)16-8-7-12-4-3-9-19-12/h1-6,9,16H,7-8,10-11,15H2. The first-order valence-electron chi connectivity index (χ1n) is 6.54. The maximum absolute atomic E-state index is 11.8. The third-order valence-corrected chi connectivity index (χ3v) is 4.15. The Labute approximate surface area is 124 Å². The summed E-state index contributed by atoms with van der Waals surface area (Å²) in [6.07, 6.45) is 2.07. The number of ether oxygens (including phenoxy) is 1. The van der Waals surface area contributed by atoms with Crippen LogP contribution in [0, 0.1) is 0 Å². The smallest absolute Gasteiger partial charge is 0.214 e. The molecule has 0 fully saturated rings. The molecule has 0 spiro atoms. The van der Waals surface area contributed by atoms with E-state index in [-0.39, 0.29) is 12.4 Å². The second kappa shape index (κ2) is 7.14. The van der Waals surface area contributed by atoms with E-state index in [0.717, 1.165) is 5.76 Å². The number of para-hydroxylation sites is 2. The largest absolute Gasteiger partial charge is 0.490 e. The summed E-state index contributed by atoms with van der Waals surface area (Å²) in [7, 11) is -3.38. The van der Waals surface area contributed by atoms with Crippen LogP contribution in [0.25, 0.3) is 0 Å². The molecule has 114 valence electrons. The Kier molecular flexibility index (Phi) is 5.24. The highest BCUT2D eigenvalue weighted by atomic mass is 32.2. The third kappa shape index (κ3) is 5.13. The monoisotopic (exact) mass is 310 g/mol. The van der Waals surface area contributed by atoms with Gasteiger partial charge in [-0.25, -0.2) is 13.1 Å². The van der Waals surface area contributed by atoms with E-state index in [0.29, 0.717) is 24.4 Å². The van der Waals surface area contributed by atoms with Gasteiger partial charge < -0.3 is 14.9 Å². The number of nitrogens with one attached hydrogen (secondary N) is 1. The number of hydrogen-bond acceptors (Lipinski definition) is 5. The Hall–Kier alpha value is -1.99. The van der Waals surface area contributed by atoms with Crippen LogP contribution >= 0.6 is 0 Å². The normalized spacial score (nSPS) is 11.4. The molecule has 0 aliphatic heterocycles. The van der Waals surface area contributed by atoms with E-state index < -0.39 is 10.0 Å². The van der Waals surface area contributed by atoms with E-state index in [1.54, 1.807) is 42.7 Å². The summed E-state index contributed by atoms with van der Waals surface area (Å²) >= 11 is 0. The molecular formula is C14H18N2O4S. The summed E-state index contributed by atoms with van der Waals surface area (Å²) in [5, 5.41) is 0. The minimum absolute atomic E-state index is 0.0459. The van der Waals surface area contributed by atoms with Crippen molar-refractivity contribution in [2.24, 2.45) is 0 Å². The Bertz CT molecular complexity index is 653. The fourth-order valence-corrected chi connectivity index (χ4v) is 2.59. The molecule has 0 bridgehead atoms. The van der Waals surface area contributed by atoms with Gasteiger partial charge in [0.2, 0.25) is 10.0 Å². The van der Waals surface area contributed by atoms with Crippen molar-refractivity contribution in [3.63, 3.8) is 0 Å². The van der Waals surface area contributed by atoms with Crippen LogP contribution in [0.3, 0.4) is 0 Å². The summed E-state index contributed by atoms with van der Waals surface area (Å²) in [5.41, 5.74) is 6.19. The second-order valence-electron chi connectivity index (χ2n) is 4.43. The number of nitrogens with two attached hydrogens (primary N) is 1. The van der Waals surface area contributed by atoms with Crippen molar-refractivity contribution in [2.45, 2.75) is 6.42 Å². The maximum Gasteiger partial charge on any atom is 0.214 e. The molecule has 1 heterocycles. The average molecular weight is 310 g/mol. The molecule has 0 saturated heterocycles. The average Bonchev–Trinajstić information content (AvgIpc) is 2.94. The summed E-state index contributed by atoms with van der Waals surface area (Å²) in [6.45, 7) is 0.341.